The molecule has 0 saturated heterocycles. The third-order valence-corrected chi connectivity index (χ3v) is 5.33. The average Bonchev–Trinajstić information content (AvgIpc) is 2.48. The van der Waals surface area contributed by atoms with E-state index < -0.39 is 10.0 Å². The molecule has 0 N–H and O–H groups in total. The Morgan fingerprint density at radius 3 is 2.81 bits per heavy atom. The number of hydrogen-bond donors (Lipinski definition) is 0. The summed E-state index contributed by atoms with van der Waals surface area (Å²) >= 11 is 0. The first-order valence-corrected chi connectivity index (χ1v) is 8.42. The van der Waals surface area contributed by atoms with Gasteiger partial charge in [-0.3, -0.25) is 0 Å². The Morgan fingerprint density at radius 2 is 2.05 bits per heavy atom. The molecule has 5 nitrogen and oxygen atoms in total. The molecule has 0 aliphatic carbocycles. The number of methoxy groups -OCH3 is 1. The number of ether oxygens (including phenoxy) is 2. The highest BCUT2D eigenvalue weighted by Gasteiger charge is 2.25. The molecular weight excluding hydrogens is 290 g/mol. The molecule has 1 aromatic carbocycles. The van der Waals surface area contributed by atoms with E-state index in [9.17, 15) is 8.42 Å². The Kier molecular flexibility index (Phi) is 5.25. The zero-order valence-corrected chi connectivity index (χ0v) is 13.2. The van der Waals surface area contributed by atoms with Gasteiger partial charge in [0.1, 0.15) is 23.0 Å². The van der Waals surface area contributed by atoms with Gasteiger partial charge in [0, 0.05) is 19.7 Å². The van der Waals surface area contributed by atoms with E-state index in [2.05, 4.69) is 6.08 Å². The molecule has 21 heavy (non-hydrogen) atoms. The van der Waals surface area contributed by atoms with E-state index in [0.717, 1.165) is 19.3 Å². The van der Waals surface area contributed by atoms with Crippen LogP contribution in [0.3, 0.4) is 0 Å². The molecule has 1 aliphatic rings. The highest BCUT2D eigenvalue weighted by molar-refractivity contribution is 7.89. The molecule has 0 atom stereocenters. The van der Waals surface area contributed by atoms with Crippen molar-refractivity contribution >= 4 is 10.0 Å². The fraction of sp³-hybridized carbons (Fsp3) is 0.467. The van der Waals surface area contributed by atoms with E-state index in [1.54, 1.807) is 19.2 Å². The molecule has 1 aliphatic heterocycles. The van der Waals surface area contributed by atoms with Gasteiger partial charge in [-0.25, -0.2) is 12.7 Å². The van der Waals surface area contributed by atoms with Gasteiger partial charge in [-0.1, -0.05) is 12.2 Å². The normalized spacial score (nSPS) is 21.2. The Bertz CT molecular complexity index is 610. The third kappa shape index (κ3) is 3.77. The molecule has 116 valence electrons. The van der Waals surface area contributed by atoms with E-state index in [4.69, 9.17) is 9.47 Å². The van der Waals surface area contributed by atoms with Gasteiger partial charge in [0.2, 0.25) is 10.0 Å². The minimum Gasteiger partial charge on any atom is -0.497 e. The summed E-state index contributed by atoms with van der Waals surface area (Å²) in [6.07, 6.45) is 6.72. The summed E-state index contributed by atoms with van der Waals surface area (Å²) in [4.78, 5) is 0.180. The lowest BCUT2D eigenvalue weighted by Gasteiger charge is -2.20. The first-order valence-electron chi connectivity index (χ1n) is 6.98. The number of benzene rings is 1. The smallest absolute Gasteiger partial charge is 0.246 e. The maximum atomic E-state index is 12.6. The molecule has 2 rings (SSSR count). The zero-order chi connectivity index (χ0) is 15.3. The predicted molar refractivity (Wildman–Crippen MR) is 81.3 cm³/mol. The molecule has 1 heterocycles. The van der Waals surface area contributed by atoms with Gasteiger partial charge in [-0.15, -0.1) is 0 Å². The second-order valence-electron chi connectivity index (χ2n) is 4.92. The van der Waals surface area contributed by atoms with E-state index >= 15 is 0 Å². The van der Waals surface area contributed by atoms with Crippen LogP contribution in [0.15, 0.2) is 35.2 Å². The van der Waals surface area contributed by atoms with Crippen LogP contribution in [0.5, 0.6) is 11.5 Å². The van der Waals surface area contributed by atoms with Crippen molar-refractivity contribution in [1.29, 1.82) is 0 Å². The van der Waals surface area contributed by atoms with Gasteiger partial charge in [0.05, 0.1) is 7.11 Å². The fourth-order valence-electron chi connectivity index (χ4n) is 2.15. The van der Waals surface area contributed by atoms with Gasteiger partial charge in [-0.2, -0.15) is 0 Å². The second kappa shape index (κ2) is 6.95. The van der Waals surface area contributed by atoms with Gasteiger partial charge in [0.25, 0.3) is 0 Å². The molecule has 0 bridgehead atoms. The van der Waals surface area contributed by atoms with Crippen LogP contribution >= 0.6 is 0 Å². The summed E-state index contributed by atoms with van der Waals surface area (Å²) < 4.78 is 37.4. The van der Waals surface area contributed by atoms with E-state index in [0.29, 0.717) is 24.7 Å². The molecule has 0 amide bonds. The summed E-state index contributed by atoms with van der Waals surface area (Å²) in [7, 11) is -0.403. The molecule has 1 aromatic rings. The quantitative estimate of drug-likeness (QED) is 0.748. The van der Waals surface area contributed by atoms with Crippen LogP contribution in [0.4, 0.5) is 0 Å². The van der Waals surface area contributed by atoms with Gasteiger partial charge in [-0.05, 0) is 31.4 Å². The van der Waals surface area contributed by atoms with Crippen molar-refractivity contribution in [3.63, 3.8) is 0 Å². The summed E-state index contributed by atoms with van der Waals surface area (Å²) in [6, 6.07) is 4.78. The number of fused-ring (bicyclic) bond motifs is 1. The van der Waals surface area contributed by atoms with Crippen molar-refractivity contribution in [2.24, 2.45) is 0 Å². The minimum absolute atomic E-state index is 0.180. The third-order valence-electron chi connectivity index (χ3n) is 3.43. The zero-order valence-electron chi connectivity index (χ0n) is 12.4. The Morgan fingerprint density at radius 1 is 1.24 bits per heavy atom. The Labute approximate surface area is 126 Å². The lowest BCUT2D eigenvalue weighted by molar-refractivity contribution is 0.344. The van der Waals surface area contributed by atoms with Crippen LogP contribution in [0.2, 0.25) is 0 Å². The number of hydrogen-bond acceptors (Lipinski definition) is 4. The van der Waals surface area contributed by atoms with Crippen LogP contribution in [-0.4, -0.2) is 40.0 Å². The van der Waals surface area contributed by atoms with Crippen molar-refractivity contribution < 1.29 is 17.9 Å². The van der Waals surface area contributed by atoms with Crippen LogP contribution < -0.4 is 9.47 Å². The maximum Gasteiger partial charge on any atom is 0.246 e. The second-order valence-corrected chi connectivity index (χ2v) is 6.93. The summed E-state index contributed by atoms with van der Waals surface area (Å²) in [6.45, 7) is 0.848. The standard InChI is InChI=1S/C15H21NO4S/c1-16-10-6-4-3-5-7-11-20-14-12-13(19-2)8-9-15(14)21(16,17)18/h5,7-9,12H,3-4,6,10-11H2,1-2H3/b7-5-. The van der Waals surface area contributed by atoms with Crippen molar-refractivity contribution in [3.8, 4) is 11.5 Å². The van der Waals surface area contributed by atoms with Gasteiger partial charge in [0.15, 0.2) is 0 Å². The van der Waals surface area contributed by atoms with Crippen LogP contribution in [0.1, 0.15) is 19.3 Å². The van der Waals surface area contributed by atoms with E-state index in [-0.39, 0.29) is 4.90 Å². The van der Waals surface area contributed by atoms with E-state index in [1.807, 2.05) is 6.08 Å². The fourth-order valence-corrected chi connectivity index (χ4v) is 3.47. The van der Waals surface area contributed by atoms with Gasteiger partial charge >= 0.3 is 0 Å². The topological polar surface area (TPSA) is 55.8 Å². The monoisotopic (exact) mass is 311 g/mol. The number of rotatable bonds is 1. The maximum absolute atomic E-state index is 12.6. The molecule has 0 unspecified atom stereocenters. The van der Waals surface area contributed by atoms with Crippen LogP contribution in [-0.2, 0) is 10.0 Å². The lowest BCUT2D eigenvalue weighted by atomic mass is 10.2. The average molecular weight is 311 g/mol. The SMILES string of the molecule is COc1ccc2c(c1)OC/C=C\CCCCN(C)S2(=O)=O. The van der Waals surface area contributed by atoms with Crippen molar-refractivity contribution in [2.45, 2.75) is 24.2 Å². The molecule has 0 fully saturated rings. The van der Waals surface area contributed by atoms with Crippen molar-refractivity contribution in [1.82, 2.24) is 4.31 Å². The molecular formula is C15H21NO4S. The summed E-state index contributed by atoms with van der Waals surface area (Å²) in [5, 5.41) is 0. The molecule has 0 spiro atoms. The van der Waals surface area contributed by atoms with Crippen LogP contribution in [0, 0.1) is 0 Å². The highest BCUT2D eigenvalue weighted by atomic mass is 32.2. The minimum atomic E-state index is -3.54. The van der Waals surface area contributed by atoms with Crippen molar-refractivity contribution in [3.05, 3.63) is 30.4 Å². The first-order chi connectivity index (χ1) is 10.1. The predicted octanol–water partition coefficient (Wildman–Crippen LogP) is 2.43. The van der Waals surface area contributed by atoms with Crippen molar-refractivity contribution in [2.75, 3.05) is 27.3 Å². The number of sulfonamides is 1. The van der Waals surface area contributed by atoms with E-state index in [1.165, 1.54) is 17.5 Å². The summed E-state index contributed by atoms with van der Waals surface area (Å²) in [5.74, 6) is 0.897. The molecule has 6 heteroatoms. The molecule has 0 radical (unpaired) electrons. The lowest BCUT2D eigenvalue weighted by Crippen LogP contribution is -2.28. The number of allylic oxidation sites excluding steroid dienone is 1. The Hall–Kier alpha value is -1.53. The first kappa shape index (κ1) is 15.9. The molecule has 0 aromatic heterocycles. The largest absolute Gasteiger partial charge is 0.497 e. The molecule has 0 saturated carbocycles. The highest BCUT2D eigenvalue weighted by Crippen LogP contribution is 2.30. The van der Waals surface area contributed by atoms with Gasteiger partial charge < -0.3 is 9.47 Å². The summed E-state index contributed by atoms with van der Waals surface area (Å²) in [5.41, 5.74) is 0. The Balaban J connectivity index is 2.44. The number of nitrogens with zero attached hydrogens (tertiary/aromatic N) is 1. The van der Waals surface area contributed by atoms with Crippen LogP contribution in [0.25, 0.3) is 0 Å².